The Morgan fingerprint density at radius 1 is 0.789 bits per heavy atom. The van der Waals surface area contributed by atoms with Gasteiger partial charge < -0.3 is 15.1 Å². The molecule has 0 heterocycles. The lowest BCUT2D eigenvalue weighted by molar-refractivity contribution is -0.137. The van der Waals surface area contributed by atoms with Gasteiger partial charge in [-0.05, 0) is 13.0 Å². The minimum atomic E-state index is -0.830. The van der Waals surface area contributed by atoms with Crippen LogP contribution in [0.25, 0.3) is 0 Å². The van der Waals surface area contributed by atoms with Crippen LogP contribution in [0, 0.1) is 0 Å². The Morgan fingerprint density at radius 3 is 1.74 bits per heavy atom. The van der Waals surface area contributed by atoms with Gasteiger partial charge in [0.2, 0.25) is 0 Å². The molecule has 0 atom stereocenters. The Hall–Kier alpha value is -1.10. The van der Waals surface area contributed by atoms with Gasteiger partial charge >= 0.3 is 11.9 Å². The minimum absolute atomic E-state index is 0.0788. The number of rotatable bonds is 13. The summed E-state index contributed by atoms with van der Waals surface area (Å²) in [6.45, 7) is 3.86. The molecule has 0 saturated heterocycles. The Bertz CT molecular complexity index is 238. The fourth-order valence-electron chi connectivity index (χ4n) is 1.96. The topological polar surface area (TPSA) is 77.8 Å². The first-order valence-corrected chi connectivity index (χ1v) is 7.22. The average molecular weight is 273 g/mol. The second kappa shape index (κ2) is 12.0. The highest BCUT2D eigenvalue weighted by atomic mass is 16.4. The summed E-state index contributed by atoms with van der Waals surface area (Å²) in [6, 6.07) is 0. The largest absolute Gasteiger partial charge is 0.481 e. The van der Waals surface area contributed by atoms with Crippen molar-refractivity contribution in [2.45, 2.75) is 58.3 Å². The van der Waals surface area contributed by atoms with E-state index in [-0.39, 0.29) is 12.8 Å². The van der Waals surface area contributed by atoms with Crippen molar-refractivity contribution in [3.63, 3.8) is 0 Å². The molecule has 0 saturated carbocycles. The molecule has 19 heavy (non-hydrogen) atoms. The van der Waals surface area contributed by atoms with Crippen molar-refractivity contribution in [2.75, 3.05) is 19.6 Å². The molecule has 0 spiro atoms. The van der Waals surface area contributed by atoms with Crippen molar-refractivity contribution in [2.24, 2.45) is 0 Å². The van der Waals surface area contributed by atoms with E-state index in [1.807, 2.05) is 4.90 Å². The van der Waals surface area contributed by atoms with Gasteiger partial charge in [-0.3, -0.25) is 9.59 Å². The van der Waals surface area contributed by atoms with Crippen LogP contribution in [-0.2, 0) is 9.59 Å². The molecule has 0 aliphatic heterocycles. The monoisotopic (exact) mass is 273 g/mol. The highest BCUT2D eigenvalue weighted by Crippen LogP contribution is 2.06. The van der Waals surface area contributed by atoms with Gasteiger partial charge in [-0.25, -0.2) is 0 Å². The molecule has 0 rings (SSSR count). The SMILES string of the molecule is CCCCCCCCN(CCC(=O)O)CCC(=O)O. The lowest BCUT2D eigenvalue weighted by Crippen LogP contribution is -2.30. The van der Waals surface area contributed by atoms with Gasteiger partial charge in [0.1, 0.15) is 0 Å². The quantitative estimate of drug-likeness (QED) is 0.504. The summed E-state index contributed by atoms with van der Waals surface area (Å²) >= 11 is 0. The Labute approximate surface area is 115 Å². The van der Waals surface area contributed by atoms with Gasteiger partial charge in [-0.1, -0.05) is 39.0 Å². The van der Waals surface area contributed by atoms with E-state index in [9.17, 15) is 9.59 Å². The third kappa shape index (κ3) is 13.1. The van der Waals surface area contributed by atoms with E-state index >= 15 is 0 Å². The van der Waals surface area contributed by atoms with Crippen molar-refractivity contribution < 1.29 is 19.8 Å². The van der Waals surface area contributed by atoms with E-state index in [1.165, 1.54) is 25.7 Å². The molecule has 0 unspecified atom stereocenters. The molecule has 0 radical (unpaired) electrons. The third-order valence-electron chi connectivity index (χ3n) is 3.11. The summed E-state index contributed by atoms with van der Waals surface area (Å²) in [5.74, 6) is -1.66. The molecule has 112 valence electrons. The average Bonchev–Trinajstić information content (AvgIpc) is 2.35. The van der Waals surface area contributed by atoms with Gasteiger partial charge in [0.05, 0.1) is 12.8 Å². The fourth-order valence-corrected chi connectivity index (χ4v) is 1.96. The third-order valence-corrected chi connectivity index (χ3v) is 3.11. The highest BCUT2D eigenvalue weighted by Gasteiger charge is 2.09. The number of carbonyl (C=O) groups is 2. The maximum Gasteiger partial charge on any atom is 0.304 e. The molecule has 5 heteroatoms. The lowest BCUT2D eigenvalue weighted by atomic mass is 10.1. The van der Waals surface area contributed by atoms with E-state index in [0.717, 1.165) is 19.4 Å². The molecular formula is C14H27NO4. The Balaban J connectivity index is 3.76. The van der Waals surface area contributed by atoms with Crippen LogP contribution in [0.1, 0.15) is 58.3 Å². The van der Waals surface area contributed by atoms with E-state index in [4.69, 9.17) is 10.2 Å². The summed E-state index contributed by atoms with van der Waals surface area (Å²) < 4.78 is 0. The second-order valence-electron chi connectivity index (χ2n) is 4.90. The minimum Gasteiger partial charge on any atom is -0.481 e. The van der Waals surface area contributed by atoms with Gasteiger partial charge in [0.15, 0.2) is 0 Å². The van der Waals surface area contributed by atoms with Crippen LogP contribution in [0.4, 0.5) is 0 Å². The molecule has 0 fully saturated rings. The smallest absolute Gasteiger partial charge is 0.304 e. The molecule has 0 aliphatic carbocycles. The Morgan fingerprint density at radius 2 is 1.26 bits per heavy atom. The van der Waals surface area contributed by atoms with Crippen LogP contribution >= 0.6 is 0 Å². The normalized spacial score (nSPS) is 10.8. The van der Waals surface area contributed by atoms with Crippen LogP contribution in [-0.4, -0.2) is 46.7 Å². The van der Waals surface area contributed by atoms with Crippen molar-refractivity contribution in [1.29, 1.82) is 0 Å². The van der Waals surface area contributed by atoms with Crippen LogP contribution in [0.5, 0.6) is 0 Å². The highest BCUT2D eigenvalue weighted by molar-refractivity contribution is 5.67. The number of carboxylic acids is 2. The maximum atomic E-state index is 10.5. The zero-order valence-corrected chi connectivity index (χ0v) is 11.9. The van der Waals surface area contributed by atoms with Crippen LogP contribution in [0.3, 0.4) is 0 Å². The first-order chi connectivity index (χ1) is 9.06. The second-order valence-corrected chi connectivity index (χ2v) is 4.90. The number of unbranched alkanes of at least 4 members (excludes halogenated alkanes) is 5. The van der Waals surface area contributed by atoms with E-state index in [1.54, 1.807) is 0 Å². The van der Waals surface area contributed by atoms with E-state index < -0.39 is 11.9 Å². The van der Waals surface area contributed by atoms with E-state index in [0.29, 0.717) is 13.1 Å². The van der Waals surface area contributed by atoms with Crippen LogP contribution in [0.2, 0.25) is 0 Å². The number of aliphatic carboxylic acids is 2. The summed E-state index contributed by atoms with van der Waals surface area (Å²) in [6.07, 6.45) is 7.26. The molecular weight excluding hydrogens is 246 g/mol. The standard InChI is InChI=1S/C14H27NO4/c1-2-3-4-5-6-7-10-15(11-8-13(16)17)12-9-14(18)19/h2-12H2,1H3,(H,16,17)(H,18,19). The zero-order valence-electron chi connectivity index (χ0n) is 11.9. The molecule has 0 aromatic carbocycles. The summed E-state index contributed by atoms with van der Waals surface area (Å²) in [7, 11) is 0. The molecule has 5 nitrogen and oxygen atoms in total. The van der Waals surface area contributed by atoms with Crippen LogP contribution in [0.15, 0.2) is 0 Å². The van der Waals surface area contributed by atoms with Gasteiger partial charge in [-0.2, -0.15) is 0 Å². The maximum absolute atomic E-state index is 10.5. The molecule has 0 aliphatic rings. The van der Waals surface area contributed by atoms with Crippen molar-refractivity contribution >= 4 is 11.9 Å². The summed E-state index contributed by atoms with van der Waals surface area (Å²) in [5.41, 5.74) is 0. The predicted molar refractivity (Wildman–Crippen MR) is 74.3 cm³/mol. The number of hydrogen-bond acceptors (Lipinski definition) is 3. The molecule has 2 N–H and O–H groups in total. The Kier molecular flexibility index (Phi) is 11.3. The lowest BCUT2D eigenvalue weighted by Gasteiger charge is -2.20. The molecule has 0 amide bonds. The number of carboxylic acid groups (broad SMARTS) is 2. The van der Waals surface area contributed by atoms with Crippen molar-refractivity contribution in [3.05, 3.63) is 0 Å². The van der Waals surface area contributed by atoms with Gasteiger partial charge in [-0.15, -0.1) is 0 Å². The van der Waals surface area contributed by atoms with Crippen LogP contribution < -0.4 is 0 Å². The summed E-state index contributed by atoms with van der Waals surface area (Å²) in [4.78, 5) is 23.0. The molecule has 0 aromatic rings. The fraction of sp³-hybridized carbons (Fsp3) is 0.857. The van der Waals surface area contributed by atoms with Gasteiger partial charge in [0.25, 0.3) is 0 Å². The first-order valence-electron chi connectivity index (χ1n) is 7.22. The number of hydrogen-bond donors (Lipinski definition) is 2. The van der Waals surface area contributed by atoms with Crippen molar-refractivity contribution in [3.8, 4) is 0 Å². The zero-order chi connectivity index (χ0) is 14.5. The molecule has 0 bridgehead atoms. The van der Waals surface area contributed by atoms with Gasteiger partial charge in [0, 0.05) is 13.1 Å². The number of nitrogens with zero attached hydrogens (tertiary/aromatic N) is 1. The molecule has 0 aromatic heterocycles. The summed E-state index contributed by atoms with van der Waals surface area (Å²) in [5, 5.41) is 17.3. The van der Waals surface area contributed by atoms with E-state index in [2.05, 4.69) is 6.92 Å². The predicted octanol–water partition coefficient (Wildman–Crippen LogP) is 2.60. The van der Waals surface area contributed by atoms with Crippen molar-refractivity contribution in [1.82, 2.24) is 4.90 Å². The first kappa shape index (κ1) is 17.9.